The summed E-state index contributed by atoms with van der Waals surface area (Å²) in [5, 5.41) is 0.278. The highest BCUT2D eigenvalue weighted by Crippen LogP contribution is 2.37. The molecule has 0 aliphatic carbocycles. The SMILES string of the molecule is C#CCN1C(=O)S/C(=C/c2cc(CC=C)c(OCc3ccc(Cl)cc3)c(OC)c2)C1=O. The highest BCUT2D eigenvalue weighted by molar-refractivity contribution is 8.18. The summed E-state index contributed by atoms with van der Waals surface area (Å²) in [5.41, 5.74) is 2.51. The normalized spacial score (nSPS) is 14.6. The second kappa shape index (κ2) is 10.3. The third kappa shape index (κ3) is 5.32. The van der Waals surface area contributed by atoms with Gasteiger partial charge in [-0.1, -0.05) is 35.7 Å². The second-order valence-corrected chi connectivity index (χ2v) is 8.02. The van der Waals surface area contributed by atoms with Crippen LogP contribution in [0.2, 0.25) is 5.02 Å². The number of methoxy groups -OCH3 is 1. The summed E-state index contributed by atoms with van der Waals surface area (Å²) < 4.78 is 11.6. The fourth-order valence-corrected chi connectivity index (χ4v) is 3.97. The van der Waals surface area contributed by atoms with Crippen LogP contribution in [0.5, 0.6) is 11.5 Å². The zero-order valence-corrected chi connectivity index (χ0v) is 18.5. The van der Waals surface area contributed by atoms with Gasteiger partial charge in [0.2, 0.25) is 0 Å². The molecule has 0 N–H and O–H groups in total. The van der Waals surface area contributed by atoms with E-state index in [0.29, 0.717) is 40.0 Å². The quantitative estimate of drug-likeness (QED) is 0.307. The van der Waals surface area contributed by atoms with Crippen LogP contribution in [0.3, 0.4) is 0 Å². The van der Waals surface area contributed by atoms with Crippen molar-refractivity contribution in [3.05, 3.63) is 75.7 Å². The van der Waals surface area contributed by atoms with E-state index in [2.05, 4.69) is 12.5 Å². The highest BCUT2D eigenvalue weighted by atomic mass is 35.5. The number of imide groups is 1. The topological polar surface area (TPSA) is 55.8 Å². The monoisotopic (exact) mass is 453 g/mol. The first-order valence-electron chi connectivity index (χ1n) is 9.34. The van der Waals surface area contributed by atoms with Crippen LogP contribution in [-0.2, 0) is 17.8 Å². The molecule has 0 aromatic heterocycles. The number of nitrogens with zero attached hydrogens (tertiary/aromatic N) is 1. The van der Waals surface area contributed by atoms with Crippen molar-refractivity contribution in [1.29, 1.82) is 0 Å². The molecule has 0 saturated carbocycles. The van der Waals surface area contributed by atoms with E-state index in [4.69, 9.17) is 27.5 Å². The van der Waals surface area contributed by atoms with Gasteiger partial charge in [-0.2, -0.15) is 0 Å². The van der Waals surface area contributed by atoms with Gasteiger partial charge < -0.3 is 9.47 Å². The number of terminal acetylenes is 1. The van der Waals surface area contributed by atoms with Crippen molar-refractivity contribution in [2.75, 3.05) is 13.7 Å². The molecule has 158 valence electrons. The molecule has 1 saturated heterocycles. The number of amides is 2. The molecule has 5 nitrogen and oxygen atoms in total. The number of carbonyl (C=O) groups excluding carboxylic acids is 2. The van der Waals surface area contributed by atoms with Crippen LogP contribution in [0.15, 0.2) is 54.0 Å². The molecule has 0 bridgehead atoms. The second-order valence-electron chi connectivity index (χ2n) is 6.59. The number of hydrogen-bond acceptors (Lipinski definition) is 5. The molecule has 3 rings (SSSR count). The van der Waals surface area contributed by atoms with Crippen molar-refractivity contribution in [2.24, 2.45) is 0 Å². The molecule has 1 aliphatic heterocycles. The van der Waals surface area contributed by atoms with Gasteiger partial charge in [0.1, 0.15) is 6.61 Å². The van der Waals surface area contributed by atoms with Crippen molar-refractivity contribution in [1.82, 2.24) is 4.90 Å². The number of thioether (sulfide) groups is 1. The first-order valence-corrected chi connectivity index (χ1v) is 10.5. The summed E-state index contributed by atoms with van der Waals surface area (Å²) in [6, 6.07) is 11.0. The average Bonchev–Trinajstić information content (AvgIpc) is 3.01. The van der Waals surface area contributed by atoms with Crippen LogP contribution < -0.4 is 9.47 Å². The van der Waals surface area contributed by atoms with Crippen LogP contribution in [-0.4, -0.2) is 29.7 Å². The zero-order valence-electron chi connectivity index (χ0n) is 16.9. The van der Waals surface area contributed by atoms with Gasteiger partial charge in [-0.05, 0) is 59.7 Å². The summed E-state index contributed by atoms with van der Waals surface area (Å²) in [6.07, 6.45) is 9.19. The lowest BCUT2D eigenvalue weighted by atomic mass is 10.0. The average molecular weight is 454 g/mol. The molecule has 0 radical (unpaired) electrons. The maximum atomic E-state index is 12.5. The molecular weight excluding hydrogens is 434 g/mol. The Labute approximate surface area is 190 Å². The molecule has 1 aliphatic rings. The van der Waals surface area contributed by atoms with Gasteiger partial charge in [-0.3, -0.25) is 14.5 Å². The van der Waals surface area contributed by atoms with Gasteiger partial charge in [-0.15, -0.1) is 13.0 Å². The number of allylic oxidation sites excluding steroid dienone is 1. The predicted molar refractivity (Wildman–Crippen MR) is 124 cm³/mol. The number of benzene rings is 2. The van der Waals surface area contributed by atoms with Crippen molar-refractivity contribution >= 4 is 40.6 Å². The molecule has 2 aromatic rings. The van der Waals surface area contributed by atoms with E-state index < -0.39 is 5.91 Å². The van der Waals surface area contributed by atoms with Crippen molar-refractivity contribution in [2.45, 2.75) is 13.0 Å². The third-order valence-electron chi connectivity index (χ3n) is 4.46. The Bertz CT molecular complexity index is 1090. The molecule has 2 aromatic carbocycles. The van der Waals surface area contributed by atoms with Gasteiger partial charge in [0.15, 0.2) is 11.5 Å². The minimum absolute atomic E-state index is 0.0511. The Morgan fingerprint density at radius 1 is 1.26 bits per heavy atom. The number of carbonyl (C=O) groups is 2. The van der Waals surface area contributed by atoms with E-state index in [1.165, 1.54) is 0 Å². The van der Waals surface area contributed by atoms with Crippen LogP contribution in [0.25, 0.3) is 6.08 Å². The number of halogens is 1. The first-order chi connectivity index (χ1) is 15.0. The Morgan fingerprint density at radius 2 is 2.00 bits per heavy atom. The first kappa shape index (κ1) is 22.5. The van der Waals surface area contributed by atoms with Crippen molar-refractivity contribution < 1.29 is 19.1 Å². The molecule has 7 heteroatoms. The predicted octanol–water partition coefficient (Wildman–Crippen LogP) is 5.33. The maximum absolute atomic E-state index is 12.5. The number of rotatable bonds is 8. The largest absolute Gasteiger partial charge is 0.493 e. The molecule has 31 heavy (non-hydrogen) atoms. The Kier molecular flexibility index (Phi) is 7.45. The molecule has 0 spiro atoms. The van der Waals surface area contributed by atoms with E-state index in [0.717, 1.165) is 27.8 Å². The third-order valence-corrected chi connectivity index (χ3v) is 5.61. The summed E-state index contributed by atoms with van der Waals surface area (Å²) in [7, 11) is 1.55. The molecule has 1 fully saturated rings. The van der Waals surface area contributed by atoms with E-state index in [9.17, 15) is 9.59 Å². The number of ether oxygens (including phenoxy) is 2. The lowest BCUT2D eigenvalue weighted by Gasteiger charge is -2.16. The van der Waals surface area contributed by atoms with Crippen LogP contribution in [0, 0.1) is 12.3 Å². The molecule has 1 heterocycles. The van der Waals surface area contributed by atoms with Gasteiger partial charge >= 0.3 is 0 Å². The van der Waals surface area contributed by atoms with Crippen LogP contribution in [0.1, 0.15) is 16.7 Å². The standard InChI is InChI=1S/C24H20ClNO4S/c1-4-6-18-12-17(14-21-23(27)26(11-5-2)24(28)31-21)13-20(29-3)22(18)30-15-16-7-9-19(25)10-8-16/h2,4,7-10,12-14H,1,6,11,15H2,3H3/b21-14+. The molecule has 2 amide bonds. The Balaban J connectivity index is 1.91. The van der Waals surface area contributed by atoms with E-state index in [-0.39, 0.29) is 11.8 Å². The fraction of sp³-hybridized carbons (Fsp3) is 0.167. The van der Waals surface area contributed by atoms with Crippen LogP contribution in [0.4, 0.5) is 4.79 Å². The van der Waals surface area contributed by atoms with Gasteiger partial charge in [-0.25, -0.2) is 0 Å². The van der Waals surface area contributed by atoms with E-state index in [1.54, 1.807) is 37.5 Å². The van der Waals surface area contributed by atoms with Crippen molar-refractivity contribution in [3.8, 4) is 23.8 Å². The summed E-state index contributed by atoms with van der Waals surface area (Å²) in [6.45, 7) is 4.10. The Morgan fingerprint density at radius 3 is 2.65 bits per heavy atom. The van der Waals surface area contributed by atoms with Gasteiger partial charge in [0, 0.05) is 10.6 Å². The highest BCUT2D eigenvalue weighted by Gasteiger charge is 2.34. The summed E-state index contributed by atoms with van der Waals surface area (Å²) in [5.74, 6) is 3.03. The maximum Gasteiger partial charge on any atom is 0.294 e. The van der Waals surface area contributed by atoms with E-state index >= 15 is 0 Å². The molecule has 0 atom stereocenters. The van der Waals surface area contributed by atoms with E-state index in [1.807, 2.05) is 18.2 Å². The summed E-state index contributed by atoms with van der Waals surface area (Å²) >= 11 is 6.80. The Hall–Kier alpha value is -3.14. The molecular formula is C24H20ClNO4S. The smallest absolute Gasteiger partial charge is 0.294 e. The fourth-order valence-electron chi connectivity index (χ4n) is 3.00. The van der Waals surface area contributed by atoms with Crippen molar-refractivity contribution in [3.63, 3.8) is 0 Å². The van der Waals surface area contributed by atoms with Gasteiger partial charge in [0.25, 0.3) is 11.1 Å². The number of hydrogen-bond donors (Lipinski definition) is 0. The van der Waals surface area contributed by atoms with Crippen LogP contribution >= 0.6 is 23.4 Å². The minimum atomic E-state index is -0.403. The lowest BCUT2D eigenvalue weighted by Crippen LogP contribution is -2.28. The minimum Gasteiger partial charge on any atom is -0.493 e. The lowest BCUT2D eigenvalue weighted by molar-refractivity contribution is -0.122. The molecule has 0 unspecified atom stereocenters. The summed E-state index contributed by atoms with van der Waals surface area (Å²) in [4.78, 5) is 25.8. The zero-order chi connectivity index (χ0) is 22.4. The van der Waals surface area contributed by atoms with Gasteiger partial charge in [0.05, 0.1) is 18.6 Å².